The Kier molecular flexibility index (Phi) is 9.10. The number of fused-ring (bicyclic) bond motifs is 2. The number of carbonyl (C=O) groups excluding carboxylic acids is 2. The van der Waals surface area contributed by atoms with Gasteiger partial charge in [-0.2, -0.15) is 0 Å². The molecule has 0 aromatic heterocycles. The molecule has 0 spiro atoms. The summed E-state index contributed by atoms with van der Waals surface area (Å²) in [4.78, 5) is 32.2. The maximum Gasteiger partial charge on any atom is 0.259 e. The zero-order valence-corrected chi connectivity index (χ0v) is 25.1. The number of hydrogen-bond donors (Lipinski definition) is 1. The van der Waals surface area contributed by atoms with Crippen molar-refractivity contribution in [3.05, 3.63) is 125 Å². The number of nitrogens with zero attached hydrogens (tertiary/aromatic N) is 2. The maximum absolute atomic E-state index is 13.8. The quantitative estimate of drug-likeness (QED) is 0.239. The summed E-state index contributed by atoms with van der Waals surface area (Å²) in [6, 6.07) is 32.7. The molecule has 0 radical (unpaired) electrons. The summed E-state index contributed by atoms with van der Waals surface area (Å²) in [5, 5.41) is 3.06. The largest absolute Gasteiger partial charge is 0.352 e. The van der Waals surface area contributed by atoms with Crippen molar-refractivity contribution in [1.82, 2.24) is 10.2 Å². The summed E-state index contributed by atoms with van der Waals surface area (Å²) in [6.45, 7) is 4.04. The molecule has 2 amide bonds. The molecular weight excluding hydrogens is 554 g/mol. The standard InChI is InChI=1S/C36H37N3O3S/c40-35(37-20-9-21-38-22-18-28(19-23-38)24-27-10-3-1-4-11-27)30-16-17-34-32(25-30)39(26-29-12-5-2-6-13-29)36(41)31-14-7-8-15-33(31)43(34)42/h1-8,10-17,25,28H,9,18-24,26H2,(H,37,40). The maximum atomic E-state index is 13.8. The monoisotopic (exact) mass is 591 g/mol. The van der Waals surface area contributed by atoms with Gasteiger partial charge in [0, 0.05) is 12.1 Å². The molecule has 2 aliphatic rings. The molecule has 220 valence electrons. The second-order valence-corrected chi connectivity index (χ2v) is 12.8. The first kappa shape index (κ1) is 29.0. The zero-order valence-electron chi connectivity index (χ0n) is 24.3. The summed E-state index contributed by atoms with van der Waals surface area (Å²) in [7, 11) is -1.55. The van der Waals surface area contributed by atoms with Crippen LogP contribution in [0.3, 0.4) is 0 Å². The van der Waals surface area contributed by atoms with Gasteiger partial charge in [0.1, 0.15) is 0 Å². The minimum atomic E-state index is -1.55. The van der Waals surface area contributed by atoms with Gasteiger partial charge in [-0.1, -0.05) is 72.8 Å². The molecule has 2 aliphatic heterocycles. The number of carbonyl (C=O) groups is 2. The van der Waals surface area contributed by atoms with Crippen LogP contribution in [-0.2, 0) is 23.8 Å². The van der Waals surface area contributed by atoms with E-state index in [1.807, 2.05) is 30.3 Å². The fourth-order valence-electron chi connectivity index (χ4n) is 6.10. The van der Waals surface area contributed by atoms with E-state index >= 15 is 0 Å². The Morgan fingerprint density at radius 1 is 0.814 bits per heavy atom. The first-order chi connectivity index (χ1) is 21.1. The Labute approximate surface area is 256 Å². The summed E-state index contributed by atoms with van der Waals surface area (Å²) in [6.07, 6.45) is 4.44. The first-order valence-corrected chi connectivity index (χ1v) is 16.3. The lowest BCUT2D eigenvalue weighted by atomic mass is 9.90. The number of likely N-dealkylation sites (tertiary alicyclic amines) is 1. The van der Waals surface area contributed by atoms with Gasteiger partial charge >= 0.3 is 0 Å². The highest BCUT2D eigenvalue weighted by atomic mass is 32.2. The summed E-state index contributed by atoms with van der Waals surface area (Å²) < 4.78 is 13.7. The van der Waals surface area contributed by atoms with Crippen LogP contribution in [0.15, 0.2) is 113 Å². The molecule has 1 unspecified atom stereocenters. The van der Waals surface area contributed by atoms with Gasteiger partial charge in [0.15, 0.2) is 0 Å². The molecule has 43 heavy (non-hydrogen) atoms. The van der Waals surface area contributed by atoms with E-state index < -0.39 is 10.8 Å². The molecule has 7 heteroatoms. The third kappa shape index (κ3) is 6.79. The Morgan fingerprint density at radius 3 is 2.23 bits per heavy atom. The van der Waals surface area contributed by atoms with Gasteiger partial charge in [0.05, 0.1) is 38.4 Å². The van der Waals surface area contributed by atoms with Gasteiger partial charge in [0.2, 0.25) is 0 Å². The molecule has 1 N–H and O–H groups in total. The van der Waals surface area contributed by atoms with Crippen molar-refractivity contribution in [3.8, 4) is 0 Å². The number of piperidine rings is 1. The second-order valence-electron chi connectivity index (χ2n) is 11.4. The number of benzene rings is 4. The minimum Gasteiger partial charge on any atom is -0.352 e. The molecule has 6 nitrogen and oxygen atoms in total. The van der Waals surface area contributed by atoms with Crippen LogP contribution < -0.4 is 10.2 Å². The van der Waals surface area contributed by atoms with Crippen molar-refractivity contribution >= 4 is 28.3 Å². The van der Waals surface area contributed by atoms with E-state index in [1.165, 1.54) is 18.4 Å². The second kappa shape index (κ2) is 13.5. The highest BCUT2D eigenvalue weighted by molar-refractivity contribution is 7.85. The summed E-state index contributed by atoms with van der Waals surface area (Å²) in [5.74, 6) is 0.322. The van der Waals surface area contributed by atoms with Crippen LogP contribution in [0.2, 0.25) is 0 Å². The van der Waals surface area contributed by atoms with Gasteiger partial charge in [-0.3, -0.25) is 9.59 Å². The number of amides is 2. The Balaban J connectivity index is 1.09. The van der Waals surface area contributed by atoms with E-state index in [4.69, 9.17) is 0 Å². The van der Waals surface area contributed by atoms with Crippen LogP contribution in [0.25, 0.3) is 0 Å². The van der Waals surface area contributed by atoms with Crippen LogP contribution in [0.4, 0.5) is 5.69 Å². The average Bonchev–Trinajstić information content (AvgIpc) is 3.14. The number of anilines is 1. The lowest BCUT2D eigenvalue weighted by Gasteiger charge is -2.32. The smallest absolute Gasteiger partial charge is 0.259 e. The van der Waals surface area contributed by atoms with Crippen LogP contribution in [0.5, 0.6) is 0 Å². The number of nitrogens with one attached hydrogen (secondary N) is 1. The molecular formula is C36H37N3O3S. The lowest BCUT2D eigenvalue weighted by Crippen LogP contribution is -2.36. The molecule has 1 fully saturated rings. The molecule has 0 bridgehead atoms. The molecule has 0 saturated carbocycles. The number of rotatable bonds is 9. The Hall–Kier alpha value is -4.07. The molecule has 4 aromatic carbocycles. The lowest BCUT2D eigenvalue weighted by molar-refractivity contribution is 0.0947. The van der Waals surface area contributed by atoms with Crippen molar-refractivity contribution in [3.63, 3.8) is 0 Å². The van der Waals surface area contributed by atoms with Gasteiger partial charge in [0.25, 0.3) is 11.8 Å². The summed E-state index contributed by atoms with van der Waals surface area (Å²) in [5.41, 5.74) is 3.75. The van der Waals surface area contributed by atoms with Gasteiger partial charge in [-0.05, 0) is 92.7 Å². The fraction of sp³-hybridized carbons (Fsp3) is 0.278. The van der Waals surface area contributed by atoms with E-state index in [0.29, 0.717) is 39.7 Å². The fourth-order valence-corrected chi connectivity index (χ4v) is 7.44. The molecule has 0 aliphatic carbocycles. The van der Waals surface area contributed by atoms with Crippen molar-refractivity contribution in [2.45, 2.75) is 42.0 Å². The predicted molar refractivity (Wildman–Crippen MR) is 171 cm³/mol. The van der Waals surface area contributed by atoms with Crippen LogP contribution >= 0.6 is 0 Å². The molecule has 1 atom stereocenters. The van der Waals surface area contributed by atoms with E-state index in [1.54, 1.807) is 47.4 Å². The average molecular weight is 592 g/mol. The molecule has 6 rings (SSSR count). The highest BCUT2D eigenvalue weighted by Gasteiger charge is 2.31. The van der Waals surface area contributed by atoms with E-state index in [9.17, 15) is 13.8 Å². The Morgan fingerprint density at radius 2 is 1.49 bits per heavy atom. The van der Waals surface area contributed by atoms with Crippen LogP contribution in [0.1, 0.15) is 51.1 Å². The van der Waals surface area contributed by atoms with E-state index in [2.05, 4.69) is 40.5 Å². The van der Waals surface area contributed by atoms with Gasteiger partial charge < -0.3 is 15.1 Å². The zero-order chi connectivity index (χ0) is 29.6. The first-order valence-electron chi connectivity index (χ1n) is 15.1. The molecule has 2 heterocycles. The SMILES string of the molecule is O=C(NCCCN1CCC(Cc2ccccc2)CC1)c1ccc2c(c1)N(Cc1ccccc1)C(=O)c1ccccc1S2=O. The van der Waals surface area contributed by atoms with E-state index in [0.717, 1.165) is 44.0 Å². The van der Waals surface area contributed by atoms with Crippen molar-refractivity contribution in [2.24, 2.45) is 5.92 Å². The third-order valence-electron chi connectivity index (χ3n) is 8.47. The normalized spacial score (nSPS) is 17.2. The minimum absolute atomic E-state index is 0.191. The van der Waals surface area contributed by atoms with Gasteiger partial charge in [-0.15, -0.1) is 0 Å². The van der Waals surface area contributed by atoms with Crippen LogP contribution in [-0.4, -0.2) is 47.1 Å². The van der Waals surface area contributed by atoms with Crippen molar-refractivity contribution in [2.75, 3.05) is 31.1 Å². The molecule has 1 saturated heterocycles. The van der Waals surface area contributed by atoms with Crippen molar-refractivity contribution < 1.29 is 13.8 Å². The van der Waals surface area contributed by atoms with Crippen molar-refractivity contribution in [1.29, 1.82) is 0 Å². The molecule has 4 aromatic rings. The number of hydrogen-bond acceptors (Lipinski definition) is 4. The predicted octanol–water partition coefficient (Wildman–Crippen LogP) is 6.09. The summed E-state index contributed by atoms with van der Waals surface area (Å²) >= 11 is 0. The van der Waals surface area contributed by atoms with Gasteiger partial charge in [-0.25, -0.2) is 4.21 Å². The topological polar surface area (TPSA) is 69.7 Å². The van der Waals surface area contributed by atoms with E-state index in [-0.39, 0.29) is 11.8 Å². The third-order valence-corrected chi connectivity index (χ3v) is 9.97. The Bertz CT molecular complexity index is 1600. The highest BCUT2D eigenvalue weighted by Crippen LogP contribution is 2.36. The van der Waals surface area contributed by atoms with Crippen LogP contribution in [0, 0.1) is 5.92 Å².